The number of nitrogens with zero attached hydrogens (tertiary/aromatic N) is 1. The zero-order chi connectivity index (χ0) is 14.7. The van der Waals surface area contributed by atoms with E-state index in [2.05, 4.69) is 0 Å². The first-order valence-corrected chi connectivity index (χ1v) is 7.71. The molecule has 6 heteroatoms. The molecule has 1 heterocycles. The van der Waals surface area contributed by atoms with Gasteiger partial charge in [-0.2, -0.15) is 0 Å². The van der Waals surface area contributed by atoms with E-state index in [9.17, 15) is 4.79 Å². The van der Waals surface area contributed by atoms with Gasteiger partial charge in [-0.1, -0.05) is 23.2 Å². The van der Waals surface area contributed by atoms with Crippen molar-refractivity contribution < 1.29 is 4.79 Å². The predicted octanol–water partition coefficient (Wildman–Crippen LogP) is 3.54. The minimum absolute atomic E-state index is 0. The maximum atomic E-state index is 11.8. The zero-order valence-corrected chi connectivity index (χ0v) is 14.3. The summed E-state index contributed by atoms with van der Waals surface area (Å²) in [6.07, 6.45) is 2.89. The highest BCUT2D eigenvalue weighted by Crippen LogP contribution is 2.27. The van der Waals surface area contributed by atoms with E-state index >= 15 is 0 Å². The molecule has 1 aliphatic rings. The largest absolute Gasteiger partial charge is 0.341 e. The van der Waals surface area contributed by atoms with Crippen LogP contribution in [0, 0.1) is 5.92 Å². The number of carbonyl (C=O) groups excluding carboxylic acids is 1. The van der Waals surface area contributed by atoms with Gasteiger partial charge in [-0.3, -0.25) is 4.79 Å². The number of carbonyl (C=O) groups is 1. The summed E-state index contributed by atoms with van der Waals surface area (Å²) in [4.78, 5) is 13.7. The number of rotatable bonds is 3. The van der Waals surface area contributed by atoms with Gasteiger partial charge in [0.1, 0.15) is 0 Å². The summed E-state index contributed by atoms with van der Waals surface area (Å²) in [6, 6.07) is 5.17. The summed E-state index contributed by atoms with van der Waals surface area (Å²) < 4.78 is 0. The molecular weight excluding hydrogens is 331 g/mol. The van der Waals surface area contributed by atoms with E-state index in [4.69, 9.17) is 28.9 Å². The molecule has 1 amide bonds. The molecule has 1 atom stereocenters. The second-order valence-electron chi connectivity index (χ2n) is 5.50. The van der Waals surface area contributed by atoms with Gasteiger partial charge in [-0.05, 0) is 55.9 Å². The van der Waals surface area contributed by atoms with Crippen molar-refractivity contribution in [1.82, 2.24) is 4.90 Å². The van der Waals surface area contributed by atoms with Crippen LogP contribution in [-0.2, 0) is 11.2 Å². The van der Waals surface area contributed by atoms with Gasteiger partial charge in [-0.25, -0.2) is 0 Å². The van der Waals surface area contributed by atoms with Crippen LogP contribution in [0.15, 0.2) is 18.2 Å². The molecule has 1 saturated heterocycles. The fourth-order valence-electron chi connectivity index (χ4n) is 2.66. The van der Waals surface area contributed by atoms with Gasteiger partial charge < -0.3 is 10.6 Å². The van der Waals surface area contributed by atoms with Crippen molar-refractivity contribution in [2.75, 3.05) is 13.1 Å². The number of hydrogen-bond acceptors (Lipinski definition) is 2. The van der Waals surface area contributed by atoms with Crippen LogP contribution in [0.25, 0.3) is 0 Å². The molecule has 0 aliphatic carbocycles. The molecule has 0 unspecified atom stereocenters. The van der Waals surface area contributed by atoms with E-state index in [0.717, 1.165) is 42.9 Å². The average Bonchev–Trinajstić information content (AvgIpc) is 2.43. The summed E-state index contributed by atoms with van der Waals surface area (Å²) in [5.74, 6) is 0.590. The molecule has 1 aromatic carbocycles. The van der Waals surface area contributed by atoms with Gasteiger partial charge in [0.2, 0.25) is 5.91 Å². The molecule has 0 bridgehead atoms. The lowest BCUT2D eigenvalue weighted by Gasteiger charge is -2.33. The Morgan fingerprint density at radius 1 is 1.38 bits per heavy atom. The Balaban J connectivity index is 0.00000220. The number of hydrogen-bond donors (Lipinski definition) is 1. The lowest BCUT2D eigenvalue weighted by Crippen LogP contribution is -2.46. The first kappa shape index (κ1) is 18.6. The first-order valence-electron chi connectivity index (χ1n) is 6.95. The maximum Gasteiger partial charge on any atom is 0.239 e. The minimum atomic E-state index is -0.408. The summed E-state index contributed by atoms with van der Waals surface area (Å²) in [5, 5.41) is 1.48. The topological polar surface area (TPSA) is 46.3 Å². The van der Waals surface area contributed by atoms with Crippen molar-refractivity contribution in [3.05, 3.63) is 33.8 Å². The van der Waals surface area contributed by atoms with Gasteiger partial charge >= 0.3 is 0 Å². The maximum absolute atomic E-state index is 11.8. The highest BCUT2D eigenvalue weighted by Gasteiger charge is 2.24. The van der Waals surface area contributed by atoms with E-state index in [-0.39, 0.29) is 18.3 Å². The molecule has 1 aromatic rings. The molecule has 118 valence electrons. The summed E-state index contributed by atoms with van der Waals surface area (Å²) >= 11 is 12.2. The van der Waals surface area contributed by atoms with Crippen molar-refractivity contribution in [1.29, 1.82) is 0 Å². The predicted molar refractivity (Wildman–Crippen MR) is 90.4 cm³/mol. The van der Waals surface area contributed by atoms with Gasteiger partial charge in [0, 0.05) is 23.1 Å². The number of likely N-dealkylation sites (tertiary alicyclic amines) is 1. The molecule has 0 spiro atoms. The average molecular weight is 352 g/mol. The second kappa shape index (κ2) is 8.23. The lowest BCUT2D eigenvalue weighted by molar-refractivity contribution is -0.133. The van der Waals surface area contributed by atoms with Crippen molar-refractivity contribution >= 4 is 41.5 Å². The van der Waals surface area contributed by atoms with Gasteiger partial charge in [0.05, 0.1) is 6.04 Å². The molecular formula is C15H21Cl3N2O. The number of piperidine rings is 1. The van der Waals surface area contributed by atoms with E-state index in [1.54, 1.807) is 13.0 Å². The molecule has 0 aromatic heterocycles. The molecule has 1 fully saturated rings. The number of benzene rings is 1. The van der Waals surface area contributed by atoms with Crippen LogP contribution in [0.1, 0.15) is 25.3 Å². The number of halogens is 3. The molecule has 2 rings (SSSR count). The molecule has 0 radical (unpaired) electrons. The quantitative estimate of drug-likeness (QED) is 0.905. The van der Waals surface area contributed by atoms with Crippen LogP contribution in [-0.4, -0.2) is 29.9 Å². The highest BCUT2D eigenvalue weighted by atomic mass is 35.5. The molecule has 21 heavy (non-hydrogen) atoms. The summed E-state index contributed by atoms with van der Waals surface area (Å²) in [6.45, 7) is 3.30. The van der Waals surface area contributed by atoms with E-state index in [0.29, 0.717) is 10.9 Å². The standard InChI is InChI=1S/C15H20Cl2N2O.ClH/c1-10(18)15(20)19-6-4-11(5-7-19)8-12-9-13(16)2-3-14(12)17;/h2-3,9-11H,4-8,18H2,1H3;1H/t10-;/m0./s1. The summed E-state index contributed by atoms with van der Waals surface area (Å²) in [7, 11) is 0. The first-order chi connectivity index (χ1) is 9.47. The monoisotopic (exact) mass is 350 g/mol. The van der Waals surface area contributed by atoms with Crippen LogP contribution in [0.4, 0.5) is 0 Å². The molecule has 1 aliphatic heterocycles. The second-order valence-corrected chi connectivity index (χ2v) is 6.34. The Morgan fingerprint density at radius 2 is 2.00 bits per heavy atom. The van der Waals surface area contributed by atoms with E-state index in [1.807, 2.05) is 17.0 Å². The Morgan fingerprint density at radius 3 is 2.57 bits per heavy atom. The Hall–Kier alpha value is -0.480. The van der Waals surface area contributed by atoms with Crippen LogP contribution in [0.3, 0.4) is 0 Å². The number of nitrogens with two attached hydrogens (primary N) is 1. The SMILES string of the molecule is C[C@H](N)C(=O)N1CCC(Cc2cc(Cl)ccc2Cl)CC1.Cl. The highest BCUT2D eigenvalue weighted by molar-refractivity contribution is 6.33. The molecule has 3 nitrogen and oxygen atoms in total. The van der Waals surface area contributed by atoms with Crippen molar-refractivity contribution in [2.45, 2.75) is 32.2 Å². The third-order valence-corrected chi connectivity index (χ3v) is 4.44. The van der Waals surface area contributed by atoms with Crippen LogP contribution >= 0.6 is 35.6 Å². The summed E-state index contributed by atoms with van der Waals surface area (Å²) in [5.41, 5.74) is 6.73. The Bertz CT molecular complexity index is 486. The van der Waals surface area contributed by atoms with Gasteiger partial charge in [-0.15, -0.1) is 12.4 Å². The van der Waals surface area contributed by atoms with Crippen LogP contribution < -0.4 is 5.73 Å². The third kappa shape index (κ3) is 5.03. The smallest absolute Gasteiger partial charge is 0.239 e. The third-order valence-electron chi connectivity index (χ3n) is 3.83. The lowest BCUT2D eigenvalue weighted by atomic mass is 9.90. The Kier molecular flexibility index (Phi) is 7.28. The Labute approximate surface area is 142 Å². The fourth-order valence-corrected chi connectivity index (χ4v) is 3.05. The molecule has 0 saturated carbocycles. The zero-order valence-electron chi connectivity index (χ0n) is 12.0. The van der Waals surface area contributed by atoms with E-state index in [1.165, 1.54) is 0 Å². The fraction of sp³-hybridized carbons (Fsp3) is 0.533. The van der Waals surface area contributed by atoms with Gasteiger partial charge in [0.25, 0.3) is 0 Å². The normalized spacial score (nSPS) is 17.2. The van der Waals surface area contributed by atoms with E-state index < -0.39 is 6.04 Å². The van der Waals surface area contributed by atoms with Gasteiger partial charge in [0.15, 0.2) is 0 Å². The van der Waals surface area contributed by atoms with Crippen LogP contribution in [0.2, 0.25) is 10.0 Å². The van der Waals surface area contributed by atoms with Crippen molar-refractivity contribution in [2.24, 2.45) is 11.7 Å². The van der Waals surface area contributed by atoms with Crippen LogP contribution in [0.5, 0.6) is 0 Å². The molecule has 2 N–H and O–H groups in total. The number of amides is 1. The van der Waals surface area contributed by atoms with Crippen molar-refractivity contribution in [3.8, 4) is 0 Å². The minimum Gasteiger partial charge on any atom is -0.341 e. The van der Waals surface area contributed by atoms with Crippen molar-refractivity contribution in [3.63, 3.8) is 0 Å².